The number of esters is 3. The Balaban J connectivity index is 1.98. The van der Waals surface area contributed by atoms with Gasteiger partial charge in [0, 0.05) is 19.3 Å². The number of methoxy groups -OCH3 is 1. The molecule has 172 valence electrons. The van der Waals surface area contributed by atoms with Gasteiger partial charge >= 0.3 is 17.9 Å². The average molecular weight is 450 g/mol. The zero-order valence-corrected chi connectivity index (χ0v) is 19.0. The van der Waals surface area contributed by atoms with Crippen LogP contribution in [-0.2, 0) is 23.7 Å². The Hall–Kier alpha value is -3.63. The molecule has 3 unspecified atom stereocenters. The average Bonchev–Trinajstić information content (AvgIpc) is 3.15. The molecule has 3 atom stereocenters. The molecule has 2 aromatic carbocycles. The number of terminal acetylenes is 1. The van der Waals surface area contributed by atoms with E-state index in [0.717, 1.165) is 11.1 Å². The maximum atomic E-state index is 12.6. The number of rotatable bonds is 6. The molecular weight excluding hydrogens is 424 g/mol. The highest BCUT2D eigenvalue weighted by Crippen LogP contribution is 2.45. The molecule has 1 saturated heterocycles. The molecule has 1 fully saturated rings. The van der Waals surface area contributed by atoms with Gasteiger partial charge in [-0.2, -0.15) is 0 Å². The topological polar surface area (TPSA) is 88.1 Å². The van der Waals surface area contributed by atoms with Gasteiger partial charge in [-0.1, -0.05) is 41.3 Å². The molecule has 3 rings (SSSR count). The number of aryl methyl sites for hydroxylation is 2. The first-order chi connectivity index (χ1) is 15.7. The van der Waals surface area contributed by atoms with E-state index in [1.54, 1.807) is 36.4 Å². The molecule has 7 heteroatoms. The maximum absolute atomic E-state index is 12.6. The minimum atomic E-state index is -1.46. The van der Waals surface area contributed by atoms with Crippen LogP contribution in [0.4, 0.5) is 0 Å². The van der Waals surface area contributed by atoms with E-state index in [-0.39, 0.29) is 13.0 Å². The smallest absolute Gasteiger partial charge is 0.338 e. The summed E-state index contributed by atoms with van der Waals surface area (Å²) in [6.45, 7) is 4.75. The van der Waals surface area contributed by atoms with Gasteiger partial charge in [-0.25, -0.2) is 9.59 Å². The molecular formula is C26H26O7. The van der Waals surface area contributed by atoms with Crippen molar-refractivity contribution in [2.24, 2.45) is 0 Å². The molecule has 33 heavy (non-hydrogen) atoms. The zero-order valence-electron chi connectivity index (χ0n) is 19.0. The minimum Gasteiger partial charge on any atom is -0.465 e. The molecule has 0 aromatic heterocycles. The Kier molecular flexibility index (Phi) is 7.19. The van der Waals surface area contributed by atoms with Crippen LogP contribution >= 0.6 is 0 Å². The van der Waals surface area contributed by atoms with Crippen molar-refractivity contribution in [3.63, 3.8) is 0 Å². The summed E-state index contributed by atoms with van der Waals surface area (Å²) in [6, 6.07) is 12.2. The van der Waals surface area contributed by atoms with Gasteiger partial charge in [0.15, 0.2) is 5.60 Å². The van der Waals surface area contributed by atoms with Crippen LogP contribution in [0.5, 0.6) is 0 Å². The van der Waals surface area contributed by atoms with Crippen molar-refractivity contribution in [1.82, 2.24) is 0 Å². The van der Waals surface area contributed by atoms with E-state index in [1.165, 1.54) is 14.0 Å². The molecule has 0 N–H and O–H groups in total. The van der Waals surface area contributed by atoms with Crippen LogP contribution in [0, 0.1) is 26.2 Å². The molecule has 0 bridgehead atoms. The first kappa shape index (κ1) is 24.0. The van der Waals surface area contributed by atoms with E-state index in [2.05, 4.69) is 5.92 Å². The van der Waals surface area contributed by atoms with Crippen molar-refractivity contribution >= 4 is 17.9 Å². The second kappa shape index (κ2) is 9.88. The van der Waals surface area contributed by atoms with Gasteiger partial charge in [0.05, 0.1) is 18.2 Å². The Morgan fingerprint density at radius 3 is 2.36 bits per heavy atom. The summed E-state index contributed by atoms with van der Waals surface area (Å²) in [6.07, 6.45) is 5.12. The predicted octanol–water partition coefficient (Wildman–Crippen LogP) is 3.71. The zero-order chi connectivity index (χ0) is 24.2. The molecule has 1 heterocycles. The number of ether oxygens (including phenoxy) is 4. The summed E-state index contributed by atoms with van der Waals surface area (Å²) in [5.74, 6) is 0.352. The highest BCUT2D eigenvalue weighted by Gasteiger charge is 2.52. The Morgan fingerprint density at radius 2 is 1.76 bits per heavy atom. The summed E-state index contributed by atoms with van der Waals surface area (Å²) in [5.41, 5.74) is 1.67. The van der Waals surface area contributed by atoms with Crippen LogP contribution in [0.25, 0.3) is 0 Å². The highest BCUT2D eigenvalue weighted by molar-refractivity contribution is 5.91. The van der Waals surface area contributed by atoms with Crippen molar-refractivity contribution < 1.29 is 33.3 Å². The van der Waals surface area contributed by atoms with Gasteiger partial charge in [-0.15, -0.1) is 6.42 Å². The minimum absolute atomic E-state index is 0.180. The van der Waals surface area contributed by atoms with E-state index in [1.807, 2.05) is 19.9 Å². The monoisotopic (exact) mass is 450 g/mol. The van der Waals surface area contributed by atoms with Crippen molar-refractivity contribution in [3.05, 3.63) is 70.3 Å². The molecule has 0 saturated carbocycles. The van der Waals surface area contributed by atoms with Crippen molar-refractivity contribution in [2.75, 3.05) is 13.7 Å². The van der Waals surface area contributed by atoms with Crippen molar-refractivity contribution in [3.8, 4) is 12.3 Å². The second-order valence-corrected chi connectivity index (χ2v) is 8.00. The van der Waals surface area contributed by atoms with E-state index in [9.17, 15) is 14.4 Å². The lowest BCUT2D eigenvalue weighted by Crippen LogP contribution is -2.40. The third kappa shape index (κ3) is 5.24. The summed E-state index contributed by atoms with van der Waals surface area (Å²) < 4.78 is 21.7. The Morgan fingerprint density at radius 1 is 1.09 bits per heavy atom. The normalized spacial score (nSPS) is 21.7. The Bertz CT molecular complexity index is 1100. The summed E-state index contributed by atoms with van der Waals surface area (Å²) in [5, 5.41) is 0. The quantitative estimate of drug-likeness (QED) is 0.377. The summed E-state index contributed by atoms with van der Waals surface area (Å²) >= 11 is 0. The number of hydrogen-bond donors (Lipinski definition) is 0. The number of carbonyl (C=O) groups is 3. The Labute approximate surface area is 193 Å². The fourth-order valence-corrected chi connectivity index (χ4v) is 3.91. The maximum Gasteiger partial charge on any atom is 0.338 e. The van der Waals surface area contributed by atoms with Crippen LogP contribution in [-0.4, -0.2) is 43.5 Å². The van der Waals surface area contributed by atoms with E-state index < -0.39 is 35.7 Å². The van der Waals surface area contributed by atoms with E-state index in [0.29, 0.717) is 16.7 Å². The molecule has 0 aliphatic carbocycles. The SMILES string of the molecule is C#CC1(COC(=O)c2ccc(C)cc2)OC(OC(C)=O)CC1c1cc(C)ccc1C(=O)OC. The summed E-state index contributed by atoms with van der Waals surface area (Å²) in [4.78, 5) is 36.7. The van der Waals surface area contributed by atoms with E-state index in [4.69, 9.17) is 25.4 Å². The fourth-order valence-electron chi connectivity index (χ4n) is 3.91. The van der Waals surface area contributed by atoms with Crippen LogP contribution < -0.4 is 0 Å². The van der Waals surface area contributed by atoms with Crippen LogP contribution in [0.1, 0.15) is 56.7 Å². The van der Waals surface area contributed by atoms with Crippen molar-refractivity contribution in [2.45, 2.75) is 45.0 Å². The van der Waals surface area contributed by atoms with Crippen molar-refractivity contribution in [1.29, 1.82) is 0 Å². The number of hydrogen-bond acceptors (Lipinski definition) is 7. The van der Waals surface area contributed by atoms with Gasteiger partial charge in [0.25, 0.3) is 0 Å². The first-order valence-corrected chi connectivity index (χ1v) is 10.4. The molecule has 1 aliphatic heterocycles. The van der Waals surface area contributed by atoms with Gasteiger partial charge < -0.3 is 18.9 Å². The lowest BCUT2D eigenvalue weighted by atomic mass is 9.80. The molecule has 0 radical (unpaired) electrons. The summed E-state index contributed by atoms with van der Waals surface area (Å²) in [7, 11) is 1.29. The van der Waals surface area contributed by atoms with Gasteiger partial charge in [0.2, 0.25) is 6.29 Å². The third-order valence-electron chi connectivity index (χ3n) is 5.57. The van der Waals surface area contributed by atoms with Gasteiger partial charge in [0.1, 0.15) is 6.61 Å². The number of carbonyl (C=O) groups excluding carboxylic acids is 3. The predicted molar refractivity (Wildman–Crippen MR) is 120 cm³/mol. The highest BCUT2D eigenvalue weighted by atomic mass is 16.7. The standard InChI is InChI=1S/C26H26O7/c1-6-26(15-31-24(28)19-10-7-16(2)8-11-19)22(14-23(33-26)32-18(4)27)21-13-17(3)9-12-20(21)25(29)30-5/h1,7-13,22-23H,14-15H2,2-5H3. The van der Waals surface area contributed by atoms with E-state index >= 15 is 0 Å². The van der Waals surface area contributed by atoms with Gasteiger partial charge in [-0.05, 0) is 37.6 Å². The lowest BCUT2D eigenvalue weighted by Gasteiger charge is -2.30. The first-order valence-electron chi connectivity index (χ1n) is 10.4. The number of benzene rings is 2. The largest absolute Gasteiger partial charge is 0.465 e. The van der Waals surface area contributed by atoms with Crippen LogP contribution in [0.15, 0.2) is 42.5 Å². The van der Waals surface area contributed by atoms with Crippen LogP contribution in [0.2, 0.25) is 0 Å². The third-order valence-corrected chi connectivity index (χ3v) is 5.57. The lowest BCUT2D eigenvalue weighted by molar-refractivity contribution is -0.182. The second-order valence-electron chi connectivity index (χ2n) is 8.00. The molecule has 2 aromatic rings. The molecule has 7 nitrogen and oxygen atoms in total. The fraction of sp³-hybridized carbons (Fsp3) is 0.346. The molecule has 0 spiro atoms. The molecule has 1 aliphatic rings. The molecule has 0 amide bonds. The van der Waals surface area contributed by atoms with Crippen LogP contribution in [0.3, 0.4) is 0 Å². The van der Waals surface area contributed by atoms with Gasteiger partial charge in [-0.3, -0.25) is 4.79 Å².